The lowest BCUT2D eigenvalue weighted by Gasteiger charge is -2.67. The van der Waals surface area contributed by atoms with Gasteiger partial charge in [0.05, 0.1) is 6.61 Å². The first kappa shape index (κ1) is 42.1. The molecule has 1 aromatic carbocycles. The van der Waals surface area contributed by atoms with Crippen LogP contribution in [0.3, 0.4) is 0 Å². The van der Waals surface area contributed by atoms with Crippen molar-refractivity contribution in [1.82, 2.24) is 0 Å². The Balaban J connectivity index is 1.40. The maximum atomic E-state index is 14.9. The molecule has 4 aliphatic rings. The molecule has 0 aromatic heterocycles. The number of hydrogen-bond donors (Lipinski definition) is 0. The van der Waals surface area contributed by atoms with Crippen LogP contribution in [0.1, 0.15) is 131 Å². The highest BCUT2D eigenvalue weighted by Gasteiger charge is 2.71. The van der Waals surface area contributed by atoms with Crippen molar-refractivity contribution >= 4 is 23.7 Å². The number of esters is 3. The number of rotatable bonds is 15. The number of carbonyl (C=O) groups excluding carboxylic acids is 4. The molecule has 55 heavy (non-hydrogen) atoms. The number of hydrogen-bond acceptors (Lipinski definition) is 10. The van der Waals surface area contributed by atoms with Crippen molar-refractivity contribution in [3.8, 4) is 0 Å². The number of allylic oxidation sites excluding steroid dienone is 2. The van der Waals surface area contributed by atoms with Crippen molar-refractivity contribution < 1.29 is 43.3 Å². The van der Waals surface area contributed by atoms with Gasteiger partial charge < -0.3 is 19.0 Å². The van der Waals surface area contributed by atoms with Crippen LogP contribution in [0.15, 0.2) is 53.1 Å². The van der Waals surface area contributed by atoms with E-state index in [1.807, 2.05) is 44.2 Å². The fourth-order valence-electron chi connectivity index (χ4n) is 11.3. The molecule has 0 heterocycles. The summed E-state index contributed by atoms with van der Waals surface area (Å²) in [5, 5.41) is 9.56. The first-order valence-electron chi connectivity index (χ1n) is 20.3. The number of ether oxygens (including phenoxy) is 3. The van der Waals surface area contributed by atoms with Gasteiger partial charge in [-0.1, -0.05) is 76.1 Å². The Kier molecular flexibility index (Phi) is 13.3. The number of Topliss-reactive ketones (excluding diaryl/α,β-unsaturated/α-hetero) is 1. The summed E-state index contributed by atoms with van der Waals surface area (Å²) in [4.78, 5) is 69.3. The third-order valence-corrected chi connectivity index (χ3v) is 14.0. The van der Waals surface area contributed by atoms with Crippen LogP contribution in [0.5, 0.6) is 0 Å². The molecule has 11 nitrogen and oxygen atoms in total. The van der Waals surface area contributed by atoms with Crippen LogP contribution in [0.25, 0.3) is 0 Å². The number of unbranched alkanes of at least 4 members (excludes halogenated alkanes) is 2. The molecule has 4 fully saturated rings. The average Bonchev–Trinajstić information content (AvgIpc) is 3.39. The van der Waals surface area contributed by atoms with Crippen LogP contribution in [0.4, 0.5) is 0 Å². The molecule has 9 atom stereocenters. The van der Waals surface area contributed by atoms with Gasteiger partial charge in [0.1, 0.15) is 24.6 Å². The van der Waals surface area contributed by atoms with Gasteiger partial charge in [-0.15, -0.1) is 10.1 Å². The third kappa shape index (κ3) is 8.86. The quantitative estimate of drug-likeness (QED) is 0.0323. The van der Waals surface area contributed by atoms with E-state index in [9.17, 15) is 29.3 Å². The lowest BCUT2D eigenvalue weighted by molar-refractivity contribution is -0.757. The average molecular weight is 764 g/mol. The van der Waals surface area contributed by atoms with Crippen LogP contribution in [-0.2, 0) is 44.8 Å². The first-order valence-corrected chi connectivity index (χ1v) is 20.3. The maximum absolute atomic E-state index is 14.9. The zero-order chi connectivity index (χ0) is 40.1. The Bertz CT molecular complexity index is 1660. The van der Waals surface area contributed by atoms with E-state index in [0.717, 1.165) is 36.0 Å². The standard InChI is InChI=1S/C44H61NO10/c1-28(2)15-14-18-32(41(49)52-27-31-16-10-8-11-17-31)39-34-25-35(47)40-42(5)22-21-36(55-38(48)19-12-9-13-24-53-45(50)51)29(3)33(42)20-23-43(40,6)44(34,7)26-37(39)54-30(4)46/h8,10-11,15-17,29,33-34,36-37,40H,9,12-14,18-27H2,1-7H3/b39-32-/t29-,33-,34-,36+,37-,40-,42-,43-,44-/m0/s1. The summed E-state index contributed by atoms with van der Waals surface area (Å²) >= 11 is 0. The molecule has 0 saturated heterocycles. The summed E-state index contributed by atoms with van der Waals surface area (Å²) in [5.74, 6) is -1.19. The molecule has 4 aliphatic carbocycles. The Morgan fingerprint density at radius 2 is 1.67 bits per heavy atom. The van der Waals surface area contributed by atoms with Gasteiger partial charge in [0.15, 0.2) is 0 Å². The Labute approximate surface area is 326 Å². The van der Waals surface area contributed by atoms with Crippen molar-refractivity contribution in [1.29, 1.82) is 0 Å². The second-order valence-corrected chi connectivity index (χ2v) is 17.6. The van der Waals surface area contributed by atoms with Gasteiger partial charge in [0.25, 0.3) is 5.09 Å². The minimum atomic E-state index is -0.807. The SMILES string of the molecule is CC(=O)O[C@H]1C[C@@]2(C)[C@@H](CC(=O)[C@H]3[C@@]4(C)CC[C@@H](OC(=O)CCCCCO[N+](=O)[O-])[C@@H](C)[C@@H]4CC[C@@]32C)/C1=C(\CCC=C(C)C)C(=O)OCc1ccccc1. The van der Waals surface area contributed by atoms with Crippen molar-refractivity contribution in [2.24, 2.45) is 39.9 Å². The first-order chi connectivity index (χ1) is 26.0. The molecule has 1 aromatic rings. The summed E-state index contributed by atoms with van der Waals surface area (Å²) < 4.78 is 18.1. The fourth-order valence-corrected chi connectivity index (χ4v) is 11.3. The molecule has 0 bridgehead atoms. The highest BCUT2D eigenvalue weighted by atomic mass is 16.9. The fraction of sp³-hybridized carbons (Fsp3) is 0.682. The minimum absolute atomic E-state index is 0.0152. The van der Waals surface area contributed by atoms with E-state index in [1.54, 1.807) is 0 Å². The third-order valence-electron chi connectivity index (χ3n) is 14.0. The molecular formula is C44H61NO10. The molecule has 0 radical (unpaired) electrons. The Hall–Kier alpha value is -4.02. The van der Waals surface area contributed by atoms with E-state index >= 15 is 0 Å². The van der Waals surface area contributed by atoms with Gasteiger partial charge in [-0.2, -0.15) is 0 Å². The molecular weight excluding hydrogens is 702 g/mol. The van der Waals surface area contributed by atoms with Crippen LogP contribution >= 0.6 is 0 Å². The van der Waals surface area contributed by atoms with E-state index < -0.39 is 34.0 Å². The van der Waals surface area contributed by atoms with Crippen molar-refractivity contribution in [3.63, 3.8) is 0 Å². The van der Waals surface area contributed by atoms with Gasteiger partial charge in [-0.05, 0) is 117 Å². The molecule has 0 N–H and O–H groups in total. The molecule has 0 amide bonds. The maximum Gasteiger partial charge on any atom is 0.334 e. The second kappa shape index (κ2) is 17.4. The van der Waals surface area contributed by atoms with Gasteiger partial charge >= 0.3 is 17.9 Å². The van der Waals surface area contributed by atoms with Crippen LogP contribution in [-0.4, -0.2) is 47.6 Å². The van der Waals surface area contributed by atoms with Gasteiger partial charge in [-0.25, -0.2) is 4.79 Å². The van der Waals surface area contributed by atoms with Crippen molar-refractivity contribution in [2.45, 2.75) is 144 Å². The molecule has 0 unspecified atom stereocenters. The predicted molar refractivity (Wildman–Crippen MR) is 205 cm³/mol. The van der Waals surface area contributed by atoms with Gasteiger partial charge in [0.2, 0.25) is 0 Å². The molecule has 302 valence electrons. The smallest absolute Gasteiger partial charge is 0.334 e. The summed E-state index contributed by atoms with van der Waals surface area (Å²) in [5.41, 5.74) is 2.10. The zero-order valence-corrected chi connectivity index (χ0v) is 33.9. The molecule has 4 saturated carbocycles. The second-order valence-electron chi connectivity index (χ2n) is 17.6. The highest BCUT2D eigenvalue weighted by Crippen LogP contribution is 2.73. The summed E-state index contributed by atoms with van der Waals surface area (Å²) in [6.45, 7) is 14.5. The number of fused-ring (bicyclic) bond motifs is 5. The van der Waals surface area contributed by atoms with Crippen LogP contribution < -0.4 is 0 Å². The van der Waals surface area contributed by atoms with Crippen molar-refractivity contribution in [3.05, 3.63) is 68.8 Å². The van der Waals surface area contributed by atoms with E-state index in [2.05, 4.69) is 38.6 Å². The lowest BCUT2D eigenvalue weighted by Crippen LogP contribution is -2.64. The van der Waals surface area contributed by atoms with Crippen LogP contribution in [0, 0.1) is 50.0 Å². The predicted octanol–water partition coefficient (Wildman–Crippen LogP) is 8.85. The topological polar surface area (TPSA) is 148 Å². The monoisotopic (exact) mass is 763 g/mol. The number of ketones is 1. The summed E-state index contributed by atoms with van der Waals surface area (Å²) in [7, 11) is 0. The number of carbonyl (C=O) groups is 4. The lowest BCUT2D eigenvalue weighted by atomic mass is 9.37. The zero-order valence-electron chi connectivity index (χ0n) is 33.9. The molecule has 5 rings (SSSR count). The van der Waals surface area contributed by atoms with E-state index in [1.165, 1.54) is 6.92 Å². The largest absolute Gasteiger partial charge is 0.462 e. The molecule has 0 spiro atoms. The Morgan fingerprint density at radius 1 is 0.945 bits per heavy atom. The minimum Gasteiger partial charge on any atom is -0.462 e. The van der Waals surface area contributed by atoms with Crippen molar-refractivity contribution in [2.75, 3.05) is 6.61 Å². The summed E-state index contributed by atoms with van der Waals surface area (Å²) in [6.07, 6.45) is 8.08. The van der Waals surface area contributed by atoms with E-state index in [4.69, 9.17) is 14.2 Å². The number of nitrogens with zero attached hydrogens (tertiary/aromatic N) is 1. The van der Waals surface area contributed by atoms with E-state index in [0.29, 0.717) is 50.5 Å². The van der Waals surface area contributed by atoms with E-state index in [-0.39, 0.29) is 73.0 Å². The molecule has 11 heteroatoms. The normalized spacial score (nSPS) is 33.3. The van der Waals surface area contributed by atoms with Gasteiger partial charge in [0, 0.05) is 31.3 Å². The van der Waals surface area contributed by atoms with Gasteiger partial charge in [-0.3, -0.25) is 14.4 Å². The highest BCUT2D eigenvalue weighted by molar-refractivity contribution is 5.91. The number of benzene rings is 1. The van der Waals surface area contributed by atoms with Crippen LogP contribution in [0.2, 0.25) is 0 Å². The summed E-state index contributed by atoms with van der Waals surface area (Å²) in [6, 6.07) is 9.55. The Morgan fingerprint density at radius 3 is 2.35 bits per heavy atom. The molecule has 0 aliphatic heterocycles.